The highest BCUT2D eigenvalue weighted by Crippen LogP contribution is 2.25. The van der Waals surface area contributed by atoms with E-state index in [1.165, 1.54) is 0 Å². The summed E-state index contributed by atoms with van der Waals surface area (Å²) in [6.07, 6.45) is 5.43. The van der Waals surface area contributed by atoms with Gasteiger partial charge in [-0.15, -0.1) is 0 Å². The molecular formula is C13H18N4O. The molecule has 0 aromatic carbocycles. The number of aliphatic hydroxyl groups excluding tert-OH is 1. The van der Waals surface area contributed by atoms with E-state index in [0.717, 1.165) is 24.1 Å². The van der Waals surface area contributed by atoms with Crippen molar-refractivity contribution in [2.24, 2.45) is 0 Å². The van der Waals surface area contributed by atoms with Crippen LogP contribution in [0.2, 0.25) is 0 Å². The van der Waals surface area contributed by atoms with Crippen molar-refractivity contribution in [3.05, 3.63) is 41.3 Å². The molecule has 0 radical (unpaired) electrons. The average molecular weight is 246 g/mol. The molecule has 0 aliphatic carbocycles. The molecule has 0 saturated heterocycles. The van der Waals surface area contributed by atoms with E-state index in [1.54, 1.807) is 12.4 Å². The molecular weight excluding hydrogens is 228 g/mol. The van der Waals surface area contributed by atoms with Crippen LogP contribution in [0.25, 0.3) is 0 Å². The molecule has 1 atom stereocenters. The molecule has 96 valence electrons. The first-order chi connectivity index (χ1) is 8.61. The zero-order valence-electron chi connectivity index (χ0n) is 10.7. The van der Waals surface area contributed by atoms with Crippen molar-refractivity contribution in [1.82, 2.24) is 14.8 Å². The van der Waals surface area contributed by atoms with Gasteiger partial charge < -0.3 is 10.8 Å². The van der Waals surface area contributed by atoms with Crippen LogP contribution in [0, 0.1) is 6.92 Å². The van der Waals surface area contributed by atoms with Gasteiger partial charge in [-0.25, -0.2) is 4.98 Å². The summed E-state index contributed by atoms with van der Waals surface area (Å²) >= 11 is 0. The summed E-state index contributed by atoms with van der Waals surface area (Å²) < 4.78 is 1.82. The molecule has 0 aliphatic rings. The van der Waals surface area contributed by atoms with Gasteiger partial charge in [0.1, 0.15) is 11.9 Å². The van der Waals surface area contributed by atoms with Crippen molar-refractivity contribution in [3.8, 4) is 0 Å². The molecule has 18 heavy (non-hydrogen) atoms. The van der Waals surface area contributed by atoms with Crippen LogP contribution in [-0.4, -0.2) is 19.9 Å². The van der Waals surface area contributed by atoms with E-state index >= 15 is 0 Å². The Morgan fingerprint density at radius 2 is 2.22 bits per heavy atom. The van der Waals surface area contributed by atoms with E-state index in [-0.39, 0.29) is 0 Å². The lowest BCUT2D eigenvalue weighted by molar-refractivity contribution is 0.220. The maximum absolute atomic E-state index is 10.3. The number of hydrogen-bond acceptors (Lipinski definition) is 4. The summed E-state index contributed by atoms with van der Waals surface area (Å²) in [4.78, 5) is 4.06. The normalized spacial score (nSPS) is 12.6. The summed E-state index contributed by atoms with van der Waals surface area (Å²) in [5.41, 5.74) is 8.14. The third-order valence-electron chi connectivity index (χ3n) is 2.80. The molecule has 0 spiro atoms. The highest BCUT2D eigenvalue weighted by atomic mass is 16.3. The lowest BCUT2D eigenvalue weighted by Crippen LogP contribution is -2.05. The third kappa shape index (κ3) is 2.51. The van der Waals surface area contributed by atoms with Crippen LogP contribution in [0.3, 0.4) is 0 Å². The van der Waals surface area contributed by atoms with Gasteiger partial charge in [-0.3, -0.25) is 4.68 Å². The van der Waals surface area contributed by atoms with Crippen molar-refractivity contribution in [3.63, 3.8) is 0 Å². The summed E-state index contributed by atoms with van der Waals surface area (Å²) in [6.45, 7) is 4.84. The summed E-state index contributed by atoms with van der Waals surface area (Å²) in [6, 6.07) is 1.85. The van der Waals surface area contributed by atoms with Gasteiger partial charge >= 0.3 is 0 Å². The summed E-state index contributed by atoms with van der Waals surface area (Å²) in [5, 5.41) is 14.5. The molecule has 2 heterocycles. The van der Waals surface area contributed by atoms with E-state index in [2.05, 4.69) is 17.0 Å². The first-order valence-electron chi connectivity index (χ1n) is 6.04. The Kier molecular flexibility index (Phi) is 3.62. The van der Waals surface area contributed by atoms with Gasteiger partial charge in [0.05, 0.1) is 6.20 Å². The van der Waals surface area contributed by atoms with E-state index in [0.29, 0.717) is 11.4 Å². The monoisotopic (exact) mass is 246 g/mol. The van der Waals surface area contributed by atoms with E-state index in [9.17, 15) is 5.11 Å². The molecule has 5 nitrogen and oxygen atoms in total. The first kappa shape index (κ1) is 12.6. The number of nitrogens with two attached hydrogens (primary N) is 1. The van der Waals surface area contributed by atoms with Crippen LogP contribution in [0.5, 0.6) is 0 Å². The smallest absolute Gasteiger partial charge is 0.129 e. The Balaban J connectivity index is 2.29. The SMILES string of the molecule is CCCn1cc(C(O)c2cc(C)cnc2N)cn1. The van der Waals surface area contributed by atoms with Crippen LogP contribution in [0.15, 0.2) is 24.7 Å². The average Bonchev–Trinajstić information content (AvgIpc) is 2.80. The minimum absolute atomic E-state index is 0.358. The topological polar surface area (TPSA) is 77.0 Å². The van der Waals surface area contributed by atoms with E-state index < -0.39 is 6.10 Å². The standard InChI is InChI=1S/C13H18N4O/c1-3-4-17-8-10(7-16-17)12(18)11-5-9(2)6-15-13(11)14/h5-8,12,18H,3-4H2,1-2H3,(H2,14,15). The largest absolute Gasteiger partial charge is 0.383 e. The van der Waals surface area contributed by atoms with Gasteiger partial charge in [0, 0.05) is 30.1 Å². The van der Waals surface area contributed by atoms with Gasteiger partial charge in [0.2, 0.25) is 0 Å². The van der Waals surface area contributed by atoms with Crippen molar-refractivity contribution in [2.75, 3.05) is 5.73 Å². The van der Waals surface area contributed by atoms with Crippen LogP contribution < -0.4 is 5.73 Å². The quantitative estimate of drug-likeness (QED) is 0.860. The molecule has 0 amide bonds. The highest BCUT2D eigenvalue weighted by Gasteiger charge is 2.16. The zero-order valence-corrected chi connectivity index (χ0v) is 10.7. The van der Waals surface area contributed by atoms with Crippen LogP contribution in [-0.2, 0) is 6.54 Å². The van der Waals surface area contributed by atoms with E-state index in [4.69, 9.17) is 5.73 Å². The van der Waals surface area contributed by atoms with Gasteiger partial charge in [-0.05, 0) is 25.0 Å². The van der Waals surface area contributed by atoms with Crippen LogP contribution in [0.4, 0.5) is 5.82 Å². The van der Waals surface area contributed by atoms with Gasteiger partial charge in [-0.2, -0.15) is 5.10 Å². The van der Waals surface area contributed by atoms with Gasteiger partial charge in [-0.1, -0.05) is 6.92 Å². The van der Waals surface area contributed by atoms with Crippen molar-refractivity contribution >= 4 is 5.82 Å². The fourth-order valence-corrected chi connectivity index (χ4v) is 1.87. The second-order valence-electron chi connectivity index (χ2n) is 4.43. The van der Waals surface area contributed by atoms with Crippen molar-refractivity contribution in [2.45, 2.75) is 32.9 Å². The number of nitrogens with zero attached hydrogens (tertiary/aromatic N) is 3. The Morgan fingerprint density at radius 3 is 2.94 bits per heavy atom. The Labute approximate surface area is 106 Å². The van der Waals surface area contributed by atoms with Gasteiger partial charge in [0.15, 0.2) is 0 Å². The molecule has 0 aliphatic heterocycles. The molecule has 5 heteroatoms. The maximum Gasteiger partial charge on any atom is 0.129 e. The second kappa shape index (κ2) is 5.18. The Bertz CT molecular complexity index is 536. The van der Waals surface area contributed by atoms with Gasteiger partial charge in [0.25, 0.3) is 0 Å². The van der Waals surface area contributed by atoms with Crippen molar-refractivity contribution in [1.29, 1.82) is 0 Å². The van der Waals surface area contributed by atoms with Crippen LogP contribution in [0.1, 0.15) is 36.1 Å². The lowest BCUT2D eigenvalue weighted by Gasteiger charge is -2.11. The Morgan fingerprint density at radius 1 is 1.44 bits per heavy atom. The summed E-state index contributed by atoms with van der Waals surface area (Å²) in [7, 11) is 0. The highest BCUT2D eigenvalue weighted by molar-refractivity contribution is 5.45. The summed E-state index contributed by atoms with van der Waals surface area (Å²) in [5.74, 6) is 0.358. The number of aliphatic hydroxyl groups is 1. The number of pyridine rings is 1. The minimum atomic E-state index is -0.775. The third-order valence-corrected chi connectivity index (χ3v) is 2.80. The first-order valence-corrected chi connectivity index (χ1v) is 6.04. The molecule has 2 aromatic heterocycles. The fraction of sp³-hybridized carbons (Fsp3) is 0.385. The Hall–Kier alpha value is -1.88. The minimum Gasteiger partial charge on any atom is -0.383 e. The number of hydrogen-bond donors (Lipinski definition) is 2. The lowest BCUT2D eigenvalue weighted by atomic mass is 10.0. The predicted octanol–water partition coefficient (Wildman–Crippen LogP) is 1.66. The second-order valence-corrected chi connectivity index (χ2v) is 4.43. The molecule has 2 aromatic rings. The number of rotatable bonds is 4. The molecule has 1 unspecified atom stereocenters. The van der Waals surface area contributed by atoms with Crippen LogP contribution >= 0.6 is 0 Å². The maximum atomic E-state index is 10.3. The predicted molar refractivity (Wildman–Crippen MR) is 70.0 cm³/mol. The van der Waals surface area contributed by atoms with Crippen molar-refractivity contribution < 1.29 is 5.11 Å². The number of anilines is 1. The molecule has 0 fully saturated rings. The molecule has 3 N–H and O–H groups in total. The number of nitrogen functional groups attached to an aromatic ring is 1. The molecule has 2 rings (SSSR count). The van der Waals surface area contributed by atoms with E-state index in [1.807, 2.05) is 23.9 Å². The zero-order chi connectivity index (χ0) is 13.1. The fourth-order valence-electron chi connectivity index (χ4n) is 1.87. The number of aryl methyl sites for hydroxylation is 2. The molecule has 0 saturated carbocycles. The number of aromatic nitrogens is 3. The molecule has 0 bridgehead atoms.